The van der Waals surface area contributed by atoms with Gasteiger partial charge in [0.1, 0.15) is 6.07 Å². The number of nitrogens with zero attached hydrogens (tertiary/aromatic N) is 3. The normalized spacial score (nSPS) is 12.6. The average Bonchev–Trinajstić information content (AvgIpc) is 2.59. The minimum absolute atomic E-state index is 0.00838. The maximum Gasteiger partial charge on any atom is 0.250 e. The summed E-state index contributed by atoms with van der Waals surface area (Å²) in [5.41, 5.74) is 1.27. The van der Waals surface area contributed by atoms with E-state index < -0.39 is 9.90 Å². The van der Waals surface area contributed by atoms with Gasteiger partial charge in [-0.1, -0.05) is 77.3 Å². The van der Waals surface area contributed by atoms with Gasteiger partial charge in [-0.05, 0) is 12.1 Å². The molecule has 0 fully saturated rings. The first-order valence-electron chi connectivity index (χ1n) is 6.94. The van der Waals surface area contributed by atoms with Gasteiger partial charge in [0.15, 0.2) is 5.82 Å². The Balaban J connectivity index is 2.09. The molecule has 0 saturated heterocycles. The maximum atomic E-state index is 9.45. The van der Waals surface area contributed by atoms with Crippen molar-refractivity contribution in [3.63, 3.8) is 0 Å². The van der Waals surface area contributed by atoms with Crippen LogP contribution in [-0.4, -0.2) is 9.97 Å². The van der Waals surface area contributed by atoms with Crippen LogP contribution in [0.15, 0.2) is 54.6 Å². The number of nitriles is 1. The molecule has 1 unspecified atom stereocenters. The second-order valence-corrected chi connectivity index (χ2v) is 7.19. The standard InChI is InChI=1S/C17H10Cl3N3O/c18-17(19,20)16-22-13-9-5-4-8-12(13)15(23-16)24-14(10-21)11-6-2-1-3-7-11/h1-9,14H. The molecule has 0 saturated carbocycles. The van der Waals surface area contributed by atoms with Crippen molar-refractivity contribution in [2.75, 3.05) is 0 Å². The molecule has 1 atom stereocenters. The lowest BCUT2D eigenvalue weighted by molar-refractivity contribution is 0.254. The summed E-state index contributed by atoms with van der Waals surface area (Å²) >= 11 is 17.7. The molecule has 0 aliphatic heterocycles. The summed E-state index contributed by atoms with van der Waals surface area (Å²) < 4.78 is 4.02. The zero-order valence-electron chi connectivity index (χ0n) is 12.2. The third-order valence-electron chi connectivity index (χ3n) is 3.27. The molecule has 0 spiro atoms. The smallest absolute Gasteiger partial charge is 0.250 e. The zero-order valence-corrected chi connectivity index (χ0v) is 14.4. The van der Waals surface area contributed by atoms with Gasteiger partial charge in [0.2, 0.25) is 15.8 Å². The molecule has 24 heavy (non-hydrogen) atoms. The van der Waals surface area contributed by atoms with E-state index in [1.54, 1.807) is 30.3 Å². The van der Waals surface area contributed by atoms with E-state index in [-0.39, 0.29) is 11.7 Å². The number of rotatable bonds is 3. The Labute approximate surface area is 153 Å². The highest BCUT2D eigenvalue weighted by Crippen LogP contribution is 2.38. The van der Waals surface area contributed by atoms with Crippen molar-refractivity contribution in [1.29, 1.82) is 5.26 Å². The molecule has 1 aromatic heterocycles. The van der Waals surface area contributed by atoms with Crippen molar-refractivity contribution >= 4 is 45.7 Å². The number of hydrogen-bond acceptors (Lipinski definition) is 4. The zero-order chi connectivity index (χ0) is 17.2. The van der Waals surface area contributed by atoms with Gasteiger partial charge >= 0.3 is 0 Å². The third kappa shape index (κ3) is 3.54. The van der Waals surface area contributed by atoms with Crippen molar-refractivity contribution < 1.29 is 4.74 Å². The molecule has 0 aliphatic rings. The van der Waals surface area contributed by atoms with Crippen LogP contribution in [0.5, 0.6) is 5.88 Å². The Morgan fingerprint density at radius 2 is 1.62 bits per heavy atom. The Bertz CT molecular complexity index is 904. The number of halogens is 3. The first kappa shape index (κ1) is 16.8. The van der Waals surface area contributed by atoms with Gasteiger partial charge in [-0.2, -0.15) is 10.2 Å². The van der Waals surface area contributed by atoms with Gasteiger partial charge in [-0.15, -0.1) is 0 Å². The predicted molar refractivity (Wildman–Crippen MR) is 94.2 cm³/mol. The van der Waals surface area contributed by atoms with E-state index in [0.717, 1.165) is 0 Å². The van der Waals surface area contributed by atoms with Crippen molar-refractivity contribution in [2.45, 2.75) is 9.90 Å². The number of hydrogen-bond donors (Lipinski definition) is 0. The molecular formula is C17H10Cl3N3O. The molecule has 2 aromatic carbocycles. The summed E-state index contributed by atoms with van der Waals surface area (Å²) in [6, 6.07) is 18.4. The van der Waals surface area contributed by atoms with Crippen LogP contribution in [0, 0.1) is 11.3 Å². The average molecular weight is 379 g/mol. The van der Waals surface area contributed by atoms with Crippen LogP contribution in [0.3, 0.4) is 0 Å². The Kier molecular flexibility index (Phi) is 4.77. The quantitative estimate of drug-likeness (QED) is 0.595. The molecule has 0 amide bonds. The van der Waals surface area contributed by atoms with Crippen LogP contribution in [0.1, 0.15) is 17.5 Å². The number of ether oxygens (including phenoxy) is 1. The van der Waals surface area contributed by atoms with E-state index in [1.165, 1.54) is 0 Å². The van der Waals surface area contributed by atoms with Gasteiger partial charge in [0, 0.05) is 5.56 Å². The first-order chi connectivity index (χ1) is 11.5. The second kappa shape index (κ2) is 6.82. The highest BCUT2D eigenvalue weighted by Gasteiger charge is 2.29. The van der Waals surface area contributed by atoms with Crippen LogP contribution in [0.25, 0.3) is 10.9 Å². The number of fused-ring (bicyclic) bond motifs is 1. The SMILES string of the molecule is N#CC(Oc1nc(C(Cl)(Cl)Cl)nc2ccccc12)c1ccccc1. The minimum atomic E-state index is -1.79. The van der Waals surface area contributed by atoms with Crippen molar-refractivity contribution in [1.82, 2.24) is 9.97 Å². The summed E-state index contributed by atoms with van der Waals surface area (Å²) in [5, 5.41) is 10.1. The predicted octanol–water partition coefficient (Wildman–Crippen LogP) is 5.10. The lowest BCUT2D eigenvalue weighted by atomic mass is 10.1. The van der Waals surface area contributed by atoms with E-state index in [2.05, 4.69) is 16.0 Å². The van der Waals surface area contributed by atoms with E-state index in [9.17, 15) is 5.26 Å². The molecule has 4 nitrogen and oxygen atoms in total. The van der Waals surface area contributed by atoms with E-state index >= 15 is 0 Å². The van der Waals surface area contributed by atoms with Gasteiger partial charge in [-0.25, -0.2) is 4.98 Å². The van der Waals surface area contributed by atoms with Crippen LogP contribution in [0.2, 0.25) is 0 Å². The Morgan fingerprint density at radius 1 is 0.958 bits per heavy atom. The van der Waals surface area contributed by atoms with Crippen molar-refractivity contribution in [2.24, 2.45) is 0 Å². The van der Waals surface area contributed by atoms with Gasteiger partial charge < -0.3 is 4.74 Å². The van der Waals surface area contributed by atoms with Crippen LogP contribution in [0.4, 0.5) is 0 Å². The van der Waals surface area contributed by atoms with Crippen molar-refractivity contribution in [3.05, 3.63) is 66.0 Å². The summed E-state index contributed by atoms with van der Waals surface area (Å²) in [4.78, 5) is 8.45. The highest BCUT2D eigenvalue weighted by atomic mass is 35.6. The molecule has 3 aromatic rings. The molecule has 120 valence electrons. The summed E-state index contributed by atoms with van der Waals surface area (Å²) in [5.74, 6) is 0.184. The fourth-order valence-corrected chi connectivity index (χ4v) is 2.43. The second-order valence-electron chi connectivity index (χ2n) is 4.90. The number of para-hydroxylation sites is 1. The summed E-state index contributed by atoms with van der Waals surface area (Å²) in [6.45, 7) is 0. The maximum absolute atomic E-state index is 9.45. The molecule has 0 bridgehead atoms. The fraction of sp³-hybridized carbons (Fsp3) is 0.118. The van der Waals surface area contributed by atoms with Gasteiger partial charge in [0.25, 0.3) is 0 Å². The molecule has 3 rings (SSSR count). The summed E-state index contributed by atoms with van der Waals surface area (Å²) in [7, 11) is 0. The summed E-state index contributed by atoms with van der Waals surface area (Å²) in [6.07, 6.45) is -0.840. The largest absolute Gasteiger partial charge is 0.453 e. The van der Waals surface area contributed by atoms with Crippen LogP contribution in [-0.2, 0) is 3.79 Å². The van der Waals surface area contributed by atoms with E-state index in [0.29, 0.717) is 16.5 Å². The highest BCUT2D eigenvalue weighted by molar-refractivity contribution is 6.66. The third-order valence-corrected chi connectivity index (χ3v) is 3.78. The van der Waals surface area contributed by atoms with E-state index in [1.807, 2.05) is 24.3 Å². The molecule has 0 N–H and O–H groups in total. The molecule has 0 radical (unpaired) electrons. The Hall–Kier alpha value is -2.06. The molecular weight excluding hydrogens is 369 g/mol. The fourth-order valence-electron chi connectivity index (χ4n) is 2.17. The van der Waals surface area contributed by atoms with Crippen LogP contribution < -0.4 is 4.74 Å². The van der Waals surface area contributed by atoms with E-state index in [4.69, 9.17) is 39.5 Å². The first-order valence-corrected chi connectivity index (χ1v) is 8.07. The van der Waals surface area contributed by atoms with Crippen molar-refractivity contribution in [3.8, 4) is 11.9 Å². The monoisotopic (exact) mass is 377 g/mol. The minimum Gasteiger partial charge on any atom is -0.453 e. The number of alkyl halides is 3. The molecule has 1 heterocycles. The topological polar surface area (TPSA) is 58.8 Å². The number of aromatic nitrogens is 2. The lowest BCUT2D eigenvalue weighted by Crippen LogP contribution is -2.12. The number of benzene rings is 2. The Morgan fingerprint density at radius 3 is 2.29 bits per heavy atom. The molecule has 0 aliphatic carbocycles. The lowest BCUT2D eigenvalue weighted by Gasteiger charge is -2.16. The van der Waals surface area contributed by atoms with Gasteiger partial charge in [-0.3, -0.25) is 0 Å². The van der Waals surface area contributed by atoms with Gasteiger partial charge in [0.05, 0.1) is 10.9 Å². The molecule has 7 heteroatoms. The van der Waals surface area contributed by atoms with Crippen LogP contribution >= 0.6 is 34.8 Å².